The number of rotatable bonds is 3. The Morgan fingerprint density at radius 3 is 2.75 bits per heavy atom. The maximum absolute atomic E-state index is 13.9. The van der Waals surface area contributed by atoms with Crippen molar-refractivity contribution in [2.75, 3.05) is 19.7 Å². The molecule has 20 heavy (non-hydrogen) atoms. The lowest BCUT2D eigenvalue weighted by atomic mass is 10.1. The van der Waals surface area contributed by atoms with Gasteiger partial charge < -0.3 is 10.0 Å². The van der Waals surface area contributed by atoms with Crippen molar-refractivity contribution in [1.82, 2.24) is 4.90 Å². The molecule has 0 saturated carbocycles. The lowest BCUT2D eigenvalue weighted by Gasteiger charge is -2.16. The molecule has 1 saturated heterocycles. The summed E-state index contributed by atoms with van der Waals surface area (Å²) in [6.07, 6.45) is 0.528. The van der Waals surface area contributed by atoms with Crippen molar-refractivity contribution in [3.8, 4) is 0 Å². The molecule has 1 aliphatic heterocycles. The van der Waals surface area contributed by atoms with Crippen LogP contribution in [0.15, 0.2) is 12.1 Å². The van der Waals surface area contributed by atoms with Crippen molar-refractivity contribution < 1.29 is 23.6 Å². The van der Waals surface area contributed by atoms with Crippen LogP contribution in [0, 0.1) is 27.7 Å². The van der Waals surface area contributed by atoms with Gasteiger partial charge in [-0.25, -0.2) is 4.39 Å². The van der Waals surface area contributed by atoms with Crippen molar-refractivity contribution in [1.29, 1.82) is 0 Å². The second-order valence-electron chi connectivity index (χ2n) is 4.60. The highest BCUT2D eigenvalue weighted by atomic mass is 19.1. The Bertz CT molecular complexity index is 565. The van der Waals surface area contributed by atoms with Gasteiger partial charge in [0.15, 0.2) is 0 Å². The van der Waals surface area contributed by atoms with Crippen LogP contribution in [0.1, 0.15) is 16.8 Å². The van der Waals surface area contributed by atoms with Crippen LogP contribution in [0.4, 0.5) is 14.5 Å². The monoisotopic (exact) mass is 286 g/mol. The SMILES string of the molecule is O=C(c1c(F)ccc([N+](=O)[O-])c1F)N1CCC(CO)C1. The number of nitro groups is 1. The molecule has 0 aliphatic carbocycles. The third-order valence-corrected chi connectivity index (χ3v) is 3.31. The van der Waals surface area contributed by atoms with E-state index in [1.165, 1.54) is 4.90 Å². The largest absolute Gasteiger partial charge is 0.396 e. The first-order chi connectivity index (χ1) is 9.45. The molecule has 0 aromatic heterocycles. The molecule has 8 heteroatoms. The van der Waals surface area contributed by atoms with Crippen LogP contribution in [0.2, 0.25) is 0 Å². The molecule has 1 atom stereocenters. The Hall–Kier alpha value is -2.09. The standard InChI is InChI=1S/C12H12F2N2O4/c13-8-1-2-9(16(19)20)11(14)10(8)12(18)15-4-3-7(5-15)6-17/h1-2,7,17H,3-6H2. The average Bonchev–Trinajstić information content (AvgIpc) is 2.86. The lowest BCUT2D eigenvalue weighted by Crippen LogP contribution is -2.30. The van der Waals surface area contributed by atoms with E-state index in [4.69, 9.17) is 5.11 Å². The number of carbonyl (C=O) groups excluding carboxylic acids is 1. The molecule has 1 aliphatic rings. The highest BCUT2D eigenvalue weighted by molar-refractivity contribution is 5.95. The number of likely N-dealkylation sites (tertiary alicyclic amines) is 1. The van der Waals surface area contributed by atoms with Gasteiger partial charge in [-0.05, 0) is 12.5 Å². The van der Waals surface area contributed by atoms with Crippen LogP contribution in [0.5, 0.6) is 0 Å². The zero-order valence-corrected chi connectivity index (χ0v) is 10.4. The summed E-state index contributed by atoms with van der Waals surface area (Å²) in [7, 11) is 0. The summed E-state index contributed by atoms with van der Waals surface area (Å²) in [5, 5.41) is 19.6. The fraction of sp³-hybridized carbons (Fsp3) is 0.417. The number of amides is 1. The van der Waals surface area contributed by atoms with Crippen molar-refractivity contribution in [2.24, 2.45) is 5.92 Å². The smallest absolute Gasteiger partial charge is 0.305 e. The Morgan fingerprint density at radius 2 is 2.20 bits per heavy atom. The highest BCUT2D eigenvalue weighted by Gasteiger charge is 2.32. The third-order valence-electron chi connectivity index (χ3n) is 3.31. The summed E-state index contributed by atoms with van der Waals surface area (Å²) in [4.78, 5) is 22.9. The van der Waals surface area contributed by atoms with Gasteiger partial charge in [-0.3, -0.25) is 14.9 Å². The molecule has 0 bridgehead atoms. The minimum atomic E-state index is -1.47. The van der Waals surface area contributed by atoms with Gasteiger partial charge in [0.1, 0.15) is 11.4 Å². The van der Waals surface area contributed by atoms with E-state index in [2.05, 4.69) is 0 Å². The Labute approximate surface area is 112 Å². The predicted molar refractivity (Wildman–Crippen MR) is 64.1 cm³/mol. The molecule has 1 N–H and O–H groups in total. The van der Waals surface area contributed by atoms with Gasteiger partial charge in [-0.1, -0.05) is 0 Å². The normalized spacial score (nSPS) is 18.4. The Morgan fingerprint density at radius 1 is 1.50 bits per heavy atom. The summed E-state index contributed by atoms with van der Waals surface area (Å²) >= 11 is 0. The highest BCUT2D eigenvalue weighted by Crippen LogP contribution is 2.26. The first-order valence-electron chi connectivity index (χ1n) is 5.98. The second-order valence-corrected chi connectivity index (χ2v) is 4.60. The molecule has 1 aromatic carbocycles. The topological polar surface area (TPSA) is 83.7 Å². The van der Waals surface area contributed by atoms with Crippen LogP contribution >= 0.6 is 0 Å². The summed E-state index contributed by atoms with van der Waals surface area (Å²) < 4.78 is 27.5. The van der Waals surface area contributed by atoms with Crippen molar-refractivity contribution in [3.05, 3.63) is 39.4 Å². The zero-order valence-electron chi connectivity index (χ0n) is 10.4. The molecular formula is C12H12F2N2O4. The summed E-state index contributed by atoms with van der Waals surface area (Å²) in [5.41, 5.74) is -1.86. The molecule has 1 heterocycles. The molecule has 108 valence electrons. The number of nitrogens with zero attached hydrogens (tertiary/aromatic N) is 2. The van der Waals surface area contributed by atoms with E-state index in [-0.39, 0.29) is 25.6 Å². The van der Waals surface area contributed by atoms with E-state index in [9.17, 15) is 23.7 Å². The minimum Gasteiger partial charge on any atom is -0.396 e. The molecule has 0 spiro atoms. The molecule has 1 aromatic rings. The van der Waals surface area contributed by atoms with Gasteiger partial charge in [0, 0.05) is 31.7 Å². The molecular weight excluding hydrogens is 274 g/mol. The number of carbonyl (C=O) groups is 1. The van der Waals surface area contributed by atoms with Gasteiger partial charge in [0.25, 0.3) is 5.91 Å². The summed E-state index contributed by atoms with van der Waals surface area (Å²) in [6, 6.07) is 1.38. The molecule has 2 rings (SSSR count). The van der Waals surface area contributed by atoms with Crippen LogP contribution < -0.4 is 0 Å². The number of aliphatic hydroxyl groups is 1. The lowest BCUT2D eigenvalue weighted by molar-refractivity contribution is -0.387. The molecule has 6 nitrogen and oxygen atoms in total. The van der Waals surface area contributed by atoms with Crippen molar-refractivity contribution in [2.45, 2.75) is 6.42 Å². The predicted octanol–water partition coefficient (Wildman–Crippen LogP) is 1.33. The molecule has 1 amide bonds. The minimum absolute atomic E-state index is 0.121. The number of hydrogen-bond donors (Lipinski definition) is 1. The maximum Gasteiger partial charge on any atom is 0.305 e. The van der Waals surface area contributed by atoms with E-state index >= 15 is 0 Å². The number of hydrogen-bond acceptors (Lipinski definition) is 4. The van der Waals surface area contributed by atoms with E-state index < -0.39 is 33.7 Å². The Balaban J connectivity index is 2.35. The first-order valence-corrected chi connectivity index (χ1v) is 5.98. The number of nitro benzene ring substituents is 1. The van der Waals surface area contributed by atoms with Gasteiger partial charge in [-0.2, -0.15) is 4.39 Å². The van der Waals surface area contributed by atoms with E-state index in [1.807, 2.05) is 0 Å². The van der Waals surface area contributed by atoms with Gasteiger partial charge in [0.2, 0.25) is 5.82 Å². The zero-order chi connectivity index (χ0) is 14.9. The maximum atomic E-state index is 13.9. The van der Waals surface area contributed by atoms with Crippen LogP contribution in [0.3, 0.4) is 0 Å². The summed E-state index contributed by atoms with van der Waals surface area (Å²) in [6.45, 7) is 0.312. The van der Waals surface area contributed by atoms with E-state index in [1.54, 1.807) is 0 Å². The molecule has 1 unspecified atom stereocenters. The van der Waals surface area contributed by atoms with E-state index in [0.717, 1.165) is 0 Å². The quantitative estimate of drug-likeness (QED) is 0.671. The van der Waals surface area contributed by atoms with Crippen molar-refractivity contribution >= 4 is 11.6 Å². The van der Waals surface area contributed by atoms with Crippen LogP contribution in [-0.4, -0.2) is 40.5 Å². The van der Waals surface area contributed by atoms with Gasteiger partial charge in [0.05, 0.1) is 4.92 Å². The molecule has 0 radical (unpaired) electrons. The van der Waals surface area contributed by atoms with Gasteiger partial charge >= 0.3 is 5.69 Å². The average molecular weight is 286 g/mol. The first kappa shape index (κ1) is 14.3. The fourth-order valence-corrected chi connectivity index (χ4v) is 2.20. The van der Waals surface area contributed by atoms with Crippen LogP contribution in [-0.2, 0) is 0 Å². The number of halogens is 2. The van der Waals surface area contributed by atoms with E-state index in [0.29, 0.717) is 18.6 Å². The number of benzene rings is 1. The third kappa shape index (κ3) is 2.46. The van der Waals surface area contributed by atoms with Crippen LogP contribution in [0.25, 0.3) is 0 Å². The molecule has 1 fully saturated rings. The second kappa shape index (κ2) is 5.49. The fourth-order valence-electron chi connectivity index (χ4n) is 2.20. The summed E-state index contributed by atoms with van der Waals surface area (Å²) in [5.74, 6) is -3.67. The number of aliphatic hydroxyl groups excluding tert-OH is 1. The Kier molecular flexibility index (Phi) is 3.93. The van der Waals surface area contributed by atoms with Crippen molar-refractivity contribution in [3.63, 3.8) is 0 Å². The van der Waals surface area contributed by atoms with Gasteiger partial charge in [-0.15, -0.1) is 0 Å².